The van der Waals surface area contributed by atoms with Crippen molar-refractivity contribution in [2.75, 3.05) is 0 Å². The van der Waals surface area contributed by atoms with E-state index in [0.717, 1.165) is 69.0 Å². The molecule has 1 aliphatic heterocycles. The topological polar surface area (TPSA) is 35.0 Å². The van der Waals surface area contributed by atoms with Gasteiger partial charge in [-0.25, -0.2) is 9.97 Å². The second kappa shape index (κ2) is 13.6. The lowest BCUT2D eigenvalue weighted by Gasteiger charge is -2.24. The summed E-state index contributed by atoms with van der Waals surface area (Å²) in [5, 5.41) is 2.33. The van der Waals surface area contributed by atoms with Crippen molar-refractivity contribution >= 4 is 21.9 Å². The minimum Gasteiger partial charge on any atom is -0.488 e. The smallest absolute Gasteiger partial charge is 0.160 e. The molecule has 10 rings (SSSR count). The van der Waals surface area contributed by atoms with Crippen molar-refractivity contribution in [3.8, 4) is 61.6 Å². The van der Waals surface area contributed by atoms with Gasteiger partial charge >= 0.3 is 0 Å². The Hall–Kier alpha value is -6.84. The fourth-order valence-corrected chi connectivity index (χ4v) is 8.10. The van der Waals surface area contributed by atoms with Crippen LogP contribution in [-0.4, -0.2) is 9.97 Å². The molecule has 0 atom stereocenters. The van der Waals surface area contributed by atoms with Crippen molar-refractivity contribution in [1.29, 1.82) is 0 Å². The number of fused-ring (bicyclic) bond motifs is 4. The van der Waals surface area contributed by atoms with Gasteiger partial charge in [-0.2, -0.15) is 0 Å². The monoisotopic (exact) mass is 692 g/mol. The van der Waals surface area contributed by atoms with Crippen LogP contribution >= 0.6 is 0 Å². The first-order valence-corrected chi connectivity index (χ1v) is 18.7. The molecule has 8 aromatic rings. The summed E-state index contributed by atoms with van der Waals surface area (Å²) in [6.07, 6.45) is 6.59. The molecule has 1 aromatic heterocycles. The van der Waals surface area contributed by atoms with Crippen LogP contribution in [0.1, 0.15) is 29.8 Å². The summed E-state index contributed by atoms with van der Waals surface area (Å²) < 4.78 is 6.16. The molecular weight excluding hydrogens is 657 g/mol. The van der Waals surface area contributed by atoms with E-state index >= 15 is 0 Å². The fourth-order valence-electron chi connectivity index (χ4n) is 8.10. The van der Waals surface area contributed by atoms with Crippen molar-refractivity contribution < 1.29 is 4.74 Å². The zero-order valence-electron chi connectivity index (χ0n) is 29.7. The number of allylic oxidation sites excluding steroid dienone is 4. The van der Waals surface area contributed by atoms with Crippen LogP contribution in [0.15, 0.2) is 182 Å². The quantitative estimate of drug-likeness (QED) is 0.174. The highest BCUT2D eigenvalue weighted by molar-refractivity contribution is 6.08. The van der Waals surface area contributed by atoms with Gasteiger partial charge in [0, 0.05) is 22.3 Å². The molecule has 0 saturated carbocycles. The minimum atomic E-state index is 0.559. The normalized spacial score (nSPS) is 13.3. The van der Waals surface area contributed by atoms with E-state index in [9.17, 15) is 0 Å². The molecule has 0 spiro atoms. The molecule has 0 N–H and O–H groups in total. The SMILES string of the molecule is C1=C(c2ccccc2)C(c2nc(-c3cccc(-c4ccccc4)c3)cc(-c3ccc(-c4cccc5c4-c4ccccc4OC5)c4ccccc34)n2)=CCC1. The van der Waals surface area contributed by atoms with Crippen molar-refractivity contribution in [3.63, 3.8) is 0 Å². The third kappa shape index (κ3) is 5.71. The Morgan fingerprint density at radius 2 is 1.02 bits per heavy atom. The van der Waals surface area contributed by atoms with Gasteiger partial charge in [-0.05, 0) is 86.3 Å². The van der Waals surface area contributed by atoms with Crippen molar-refractivity contribution in [2.45, 2.75) is 19.4 Å². The number of nitrogens with zero attached hydrogens (tertiary/aromatic N) is 2. The van der Waals surface area contributed by atoms with Crippen molar-refractivity contribution in [3.05, 3.63) is 199 Å². The van der Waals surface area contributed by atoms with Gasteiger partial charge in [-0.15, -0.1) is 0 Å². The Morgan fingerprint density at radius 3 is 1.85 bits per heavy atom. The summed E-state index contributed by atoms with van der Waals surface area (Å²) in [6.45, 7) is 0.559. The maximum absolute atomic E-state index is 6.16. The second-order valence-electron chi connectivity index (χ2n) is 13.9. The molecule has 0 amide bonds. The largest absolute Gasteiger partial charge is 0.488 e. The van der Waals surface area contributed by atoms with Crippen LogP contribution in [0.2, 0.25) is 0 Å². The number of ether oxygens (including phenoxy) is 1. The van der Waals surface area contributed by atoms with E-state index in [-0.39, 0.29) is 0 Å². The van der Waals surface area contributed by atoms with Crippen LogP contribution in [0.4, 0.5) is 0 Å². The predicted molar refractivity (Wildman–Crippen MR) is 223 cm³/mol. The highest BCUT2D eigenvalue weighted by Crippen LogP contribution is 2.46. The number of rotatable bonds is 6. The molecule has 2 heterocycles. The maximum atomic E-state index is 6.16. The molecule has 3 heteroatoms. The summed E-state index contributed by atoms with van der Waals surface area (Å²) >= 11 is 0. The van der Waals surface area contributed by atoms with E-state index in [0.29, 0.717) is 6.61 Å². The summed E-state index contributed by atoms with van der Waals surface area (Å²) in [4.78, 5) is 10.8. The Balaban J connectivity index is 1.17. The average Bonchev–Trinajstić information content (AvgIpc) is 3.26. The van der Waals surface area contributed by atoms with Gasteiger partial charge < -0.3 is 4.74 Å². The summed E-state index contributed by atoms with van der Waals surface area (Å²) in [5.41, 5.74) is 15.7. The van der Waals surface area contributed by atoms with Crippen molar-refractivity contribution in [1.82, 2.24) is 9.97 Å². The number of benzene rings is 7. The standard InChI is InChI=1S/C51H36N2O/c1-3-15-34(16-4-1)36-19-13-20-37(31-36)47-32-48(53-51(52-47)45-25-10-7-22-39(45)35-17-5-2-6-18-35)43-30-29-42(40-23-8-9-24-41(40)43)44-27-14-21-38-33-54-49-28-12-11-26-46(49)50(38)44/h1-6,8-9,11-32H,7,10,33H2. The molecule has 0 fully saturated rings. The fraction of sp³-hybridized carbons (Fsp3) is 0.0588. The van der Waals surface area contributed by atoms with Gasteiger partial charge in [0.05, 0.1) is 11.4 Å². The first-order valence-electron chi connectivity index (χ1n) is 18.7. The first-order chi connectivity index (χ1) is 26.8. The second-order valence-corrected chi connectivity index (χ2v) is 13.9. The van der Waals surface area contributed by atoms with Crippen molar-refractivity contribution in [2.24, 2.45) is 0 Å². The molecule has 0 saturated heterocycles. The molecule has 0 radical (unpaired) electrons. The number of para-hydroxylation sites is 1. The van der Waals surface area contributed by atoms with Crippen LogP contribution in [-0.2, 0) is 6.61 Å². The molecule has 0 bridgehead atoms. The average molecular weight is 693 g/mol. The van der Waals surface area contributed by atoms with E-state index in [4.69, 9.17) is 14.7 Å². The molecule has 3 nitrogen and oxygen atoms in total. The lowest BCUT2D eigenvalue weighted by Crippen LogP contribution is -2.06. The zero-order chi connectivity index (χ0) is 35.8. The van der Waals surface area contributed by atoms with Gasteiger partial charge in [0.1, 0.15) is 12.4 Å². The van der Waals surface area contributed by atoms with Gasteiger partial charge in [-0.3, -0.25) is 0 Å². The van der Waals surface area contributed by atoms with Crippen LogP contribution in [0.3, 0.4) is 0 Å². The Morgan fingerprint density at radius 1 is 0.407 bits per heavy atom. The van der Waals surface area contributed by atoms with Gasteiger partial charge in [0.15, 0.2) is 5.82 Å². The van der Waals surface area contributed by atoms with Gasteiger partial charge in [-0.1, -0.05) is 164 Å². The molecule has 54 heavy (non-hydrogen) atoms. The Bertz CT molecular complexity index is 2760. The lowest BCUT2D eigenvalue weighted by atomic mass is 9.86. The summed E-state index contributed by atoms with van der Waals surface area (Å²) in [5.74, 6) is 1.67. The predicted octanol–water partition coefficient (Wildman–Crippen LogP) is 13.1. The molecule has 256 valence electrons. The van der Waals surface area contributed by atoms with Crippen LogP contribution in [0.25, 0.3) is 77.8 Å². The highest BCUT2D eigenvalue weighted by atomic mass is 16.5. The number of hydrogen-bond acceptors (Lipinski definition) is 3. The molecule has 7 aromatic carbocycles. The van der Waals surface area contributed by atoms with E-state index in [2.05, 4.69) is 176 Å². The lowest BCUT2D eigenvalue weighted by molar-refractivity contribution is 0.302. The van der Waals surface area contributed by atoms with E-state index in [1.54, 1.807) is 0 Å². The summed E-state index contributed by atoms with van der Waals surface area (Å²) in [6, 6.07) is 60.2. The summed E-state index contributed by atoms with van der Waals surface area (Å²) in [7, 11) is 0. The van der Waals surface area contributed by atoms with Crippen LogP contribution in [0.5, 0.6) is 5.75 Å². The van der Waals surface area contributed by atoms with Crippen LogP contribution < -0.4 is 4.74 Å². The third-order valence-electron chi connectivity index (χ3n) is 10.7. The Kier molecular flexibility index (Phi) is 8.03. The van der Waals surface area contributed by atoms with E-state index < -0.39 is 0 Å². The number of aromatic nitrogens is 2. The number of hydrogen-bond donors (Lipinski definition) is 0. The first kappa shape index (κ1) is 31.9. The van der Waals surface area contributed by atoms with Gasteiger partial charge in [0.25, 0.3) is 0 Å². The molecule has 0 unspecified atom stereocenters. The maximum Gasteiger partial charge on any atom is 0.160 e. The molecular formula is C51H36N2O. The van der Waals surface area contributed by atoms with E-state index in [1.165, 1.54) is 44.3 Å². The zero-order valence-corrected chi connectivity index (χ0v) is 29.7. The Labute approximate surface area is 315 Å². The highest BCUT2D eigenvalue weighted by Gasteiger charge is 2.23. The minimum absolute atomic E-state index is 0.559. The molecule has 1 aliphatic carbocycles. The van der Waals surface area contributed by atoms with E-state index in [1.807, 2.05) is 6.07 Å². The molecule has 2 aliphatic rings. The van der Waals surface area contributed by atoms with Gasteiger partial charge in [0.2, 0.25) is 0 Å². The van der Waals surface area contributed by atoms with Crippen LogP contribution in [0, 0.1) is 0 Å². The third-order valence-corrected chi connectivity index (χ3v) is 10.7.